The Morgan fingerprint density at radius 2 is 2.28 bits per heavy atom. The van der Waals surface area contributed by atoms with Crippen molar-refractivity contribution in [3.63, 3.8) is 0 Å². The Labute approximate surface area is 111 Å². The third-order valence-corrected chi connectivity index (χ3v) is 4.24. The van der Waals surface area contributed by atoms with Crippen molar-refractivity contribution in [1.82, 2.24) is 4.98 Å². The number of aryl methyl sites for hydroxylation is 1. The fourth-order valence-corrected chi connectivity index (χ4v) is 3.24. The monoisotopic (exact) mass is 267 g/mol. The lowest BCUT2D eigenvalue weighted by molar-refractivity contribution is -0.385. The zero-order valence-corrected chi connectivity index (χ0v) is 11.2. The van der Waals surface area contributed by atoms with Gasteiger partial charge in [0.15, 0.2) is 0 Å². The highest BCUT2D eigenvalue weighted by atomic mass is 32.2. The Morgan fingerprint density at radius 3 is 2.89 bits per heavy atom. The maximum Gasteiger partial charge on any atom is 0.290 e. The minimum Gasteiger partial charge on any atom is -0.370 e. The van der Waals surface area contributed by atoms with Crippen LogP contribution in [-0.2, 0) is 0 Å². The molecule has 2 rings (SSSR count). The number of anilines is 1. The van der Waals surface area contributed by atoms with Gasteiger partial charge in [0.1, 0.15) is 12.0 Å². The van der Waals surface area contributed by atoms with Gasteiger partial charge in [-0.2, -0.15) is 11.8 Å². The first-order valence-corrected chi connectivity index (χ1v) is 7.25. The molecule has 6 heteroatoms. The van der Waals surface area contributed by atoms with Gasteiger partial charge in [0.05, 0.1) is 4.92 Å². The number of pyridine rings is 1. The summed E-state index contributed by atoms with van der Waals surface area (Å²) in [7, 11) is 0. The second-order valence-electron chi connectivity index (χ2n) is 4.55. The van der Waals surface area contributed by atoms with E-state index >= 15 is 0 Å². The molecule has 2 heterocycles. The van der Waals surface area contributed by atoms with Crippen LogP contribution >= 0.6 is 11.8 Å². The second-order valence-corrected chi connectivity index (χ2v) is 5.77. The van der Waals surface area contributed by atoms with Crippen LogP contribution < -0.4 is 5.32 Å². The first kappa shape index (κ1) is 13.1. The largest absolute Gasteiger partial charge is 0.370 e. The first-order chi connectivity index (χ1) is 8.66. The normalized spacial score (nSPS) is 16.5. The van der Waals surface area contributed by atoms with Crippen LogP contribution in [0.25, 0.3) is 0 Å². The number of hydrogen-bond acceptors (Lipinski definition) is 5. The van der Waals surface area contributed by atoms with Gasteiger partial charge in [0.2, 0.25) is 0 Å². The Kier molecular flexibility index (Phi) is 4.41. The standard InChI is InChI=1S/C12H17N3O2S/c1-9-6-12(14-8-11(9)15(16)17)13-7-10-2-4-18-5-3-10/h6,8,10H,2-5,7H2,1H3,(H,13,14). The zero-order chi connectivity index (χ0) is 13.0. The minimum absolute atomic E-state index is 0.0783. The van der Waals surface area contributed by atoms with Crippen molar-refractivity contribution in [2.75, 3.05) is 23.4 Å². The van der Waals surface area contributed by atoms with Gasteiger partial charge in [0, 0.05) is 12.1 Å². The maximum absolute atomic E-state index is 10.7. The Morgan fingerprint density at radius 1 is 1.56 bits per heavy atom. The van der Waals surface area contributed by atoms with E-state index in [4.69, 9.17) is 0 Å². The summed E-state index contributed by atoms with van der Waals surface area (Å²) in [5, 5.41) is 14.0. The van der Waals surface area contributed by atoms with Crippen molar-refractivity contribution in [1.29, 1.82) is 0 Å². The van der Waals surface area contributed by atoms with Gasteiger partial charge in [-0.15, -0.1) is 0 Å². The fourth-order valence-electron chi connectivity index (χ4n) is 2.04. The lowest BCUT2D eigenvalue weighted by Gasteiger charge is -2.21. The van der Waals surface area contributed by atoms with Gasteiger partial charge >= 0.3 is 0 Å². The maximum atomic E-state index is 10.7. The van der Waals surface area contributed by atoms with Crippen LogP contribution in [0.1, 0.15) is 18.4 Å². The SMILES string of the molecule is Cc1cc(NCC2CCSCC2)ncc1[N+](=O)[O-]. The summed E-state index contributed by atoms with van der Waals surface area (Å²) in [4.78, 5) is 14.4. The highest BCUT2D eigenvalue weighted by Gasteiger charge is 2.15. The van der Waals surface area contributed by atoms with Crippen LogP contribution in [-0.4, -0.2) is 28.0 Å². The van der Waals surface area contributed by atoms with Crippen molar-refractivity contribution < 1.29 is 4.92 Å². The summed E-state index contributed by atoms with van der Waals surface area (Å²) in [6.45, 7) is 2.65. The average molecular weight is 267 g/mol. The molecule has 0 spiro atoms. The Balaban J connectivity index is 1.93. The molecule has 0 aliphatic carbocycles. The molecule has 1 saturated heterocycles. The number of nitrogens with zero attached hydrogens (tertiary/aromatic N) is 2. The summed E-state index contributed by atoms with van der Waals surface area (Å²) >= 11 is 2.01. The average Bonchev–Trinajstić information content (AvgIpc) is 2.37. The molecule has 0 unspecified atom stereocenters. The molecule has 0 radical (unpaired) electrons. The second kappa shape index (κ2) is 6.04. The predicted molar refractivity (Wildman–Crippen MR) is 74.2 cm³/mol. The van der Waals surface area contributed by atoms with Crippen molar-refractivity contribution in [3.8, 4) is 0 Å². The molecule has 1 fully saturated rings. The highest BCUT2D eigenvalue weighted by molar-refractivity contribution is 7.99. The van der Waals surface area contributed by atoms with Crippen molar-refractivity contribution >= 4 is 23.3 Å². The van der Waals surface area contributed by atoms with Gasteiger partial charge in [-0.25, -0.2) is 4.98 Å². The van der Waals surface area contributed by atoms with E-state index in [0.29, 0.717) is 11.5 Å². The lowest BCUT2D eigenvalue weighted by atomic mass is 10.0. The van der Waals surface area contributed by atoms with E-state index in [1.54, 1.807) is 13.0 Å². The molecule has 0 bridgehead atoms. The van der Waals surface area contributed by atoms with Crippen LogP contribution in [0, 0.1) is 23.0 Å². The third kappa shape index (κ3) is 3.35. The fraction of sp³-hybridized carbons (Fsp3) is 0.583. The summed E-state index contributed by atoms with van der Waals surface area (Å²) in [6.07, 6.45) is 3.81. The molecule has 98 valence electrons. The van der Waals surface area contributed by atoms with Gasteiger partial charge in [-0.05, 0) is 43.3 Å². The van der Waals surface area contributed by atoms with Crippen LogP contribution in [0.4, 0.5) is 11.5 Å². The summed E-state index contributed by atoms with van der Waals surface area (Å²) in [6, 6.07) is 1.75. The predicted octanol–water partition coefficient (Wildman–Crippen LogP) is 2.85. The number of aromatic nitrogens is 1. The van der Waals surface area contributed by atoms with Crippen molar-refractivity contribution in [3.05, 3.63) is 27.9 Å². The molecule has 1 aromatic heterocycles. The molecule has 1 aliphatic heterocycles. The van der Waals surface area contributed by atoms with Gasteiger partial charge < -0.3 is 5.32 Å². The Bertz CT molecular complexity index is 433. The van der Waals surface area contributed by atoms with Gasteiger partial charge in [-0.1, -0.05) is 0 Å². The molecule has 0 saturated carbocycles. The van der Waals surface area contributed by atoms with E-state index in [-0.39, 0.29) is 5.69 Å². The van der Waals surface area contributed by atoms with Crippen LogP contribution in [0.15, 0.2) is 12.3 Å². The molecule has 0 atom stereocenters. The number of nitro groups is 1. The lowest BCUT2D eigenvalue weighted by Crippen LogP contribution is -2.19. The summed E-state index contributed by atoms with van der Waals surface area (Å²) < 4.78 is 0. The molecule has 18 heavy (non-hydrogen) atoms. The molecule has 1 aromatic rings. The van der Waals surface area contributed by atoms with Crippen LogP contribution in [0.5, 0.6) is 0 Å². The summed E-state index contributed by atoms with van der Waals surface area (Å²) in [5.74, 6) is 3.90. The van der Waals surface area contributed by atoms with Crippen molar-refractivity contribution in [2.45, 2.75) is 19.8 Å². The number of thioether (sulfide) groups is 1. The van der Waals surface area contributed by atoms with Crippen molar-refractivity contribution in [2.24, 2.45) is 5.92 Å². The van der Waals surface area contributed by atoms with E-state index in [1.807, 2.05) is 11.8 Å². The molecular weight excluding hydrogens is 250 g/mol. The molecule has 1 aliphatic rings. The number of rotatable bonds is 4. The number of nitrogens with one attached hydrogen (secondary N) is 1. The van der Waals surface area contributed by atoms with Crippen LogP contribution in [0.3, 0.4) is 0 Å². The number of hydrogen-bond donors (Lipinski definition) is 1. The Hall–Kier alpha value is -1.30. The van der Waals surface area contributed by atoms with Crippen LogP contribution in [0.2, 0.25) is 0 Å². The zero-order valence-electron chi connectivity index (χ0n) is 10.4. The first-order valence-electron chi connectivity index (χ1n) is 6.09. The smallest absolute Gasteiger partial charge is 0.290 e. The van der Waals surface area contributed by atoms with E-state index < -0.39 is 4.92 Å². The van der Waals surface area contributed by atoms with Gasteiger partial charge in [0.25, 0.3) is 5.69 Å². The quantitative estimate of drug-likeness (QED) is 0.671. The molecule has 1 N–H and O–H groups in total. The topological polar surface area (TPSA) is 68.1 Å². The third-order valence-electron chi connectivity index (χ3n) is 3.19. The molecular formula is C12H17N3O2S. The van der Waals surface area contributed by atoms with E-state index in [2.05, 4.69) is 10.3 Å². The van der Waals surface area contributed by atoms with Gasteiger partial charge in [-0.3, -0.25) is 10.1 Å². The van der Waals surface area contributed by atoms with E-state index in [1.165, 1.54) is 30.5 Å². The molecule has 0 amide bonds. The molecule has 0 aromatic carbocycles. The minimum atomic E-state index is -0.398. The summed E-state index contributed by atoms with van der Waals surface area (Å²) in [5.41, 5.74) is 0.728. The highest BCUT2D eigenvalue weighted by Crippen LogP contribution is 2.23. The van der Waals surface area contributed by atoms with E-state index in [9.17, 15) is 10.1 Å². The molecule has 5 nitrogen and oxygen atoms in total. The van der Waals surface area contributed by atoms with E-state index in [0.717, 1.165) is 12.4 Å².